The van der Waals surface area contributed by atoms with Gasteiger partial charge in [0, 0.05) is 6.54 Å². The maximum atomic E-state index is 6.13. The van der Waals surface area contributed by atoms with Crippen molar-refractivity contribution < 1.29 is 4.74 Å². The number of likely N-dealkylation sites (tertiary alicyclic amines) is 1. The van der Waals surface area contributed by atoms with E-state index in [1.165, 1.54) is 31.5 Å². The molecule has 3 heteroatoms. The SMILES string of the molecule is Nc1cc(CCN2CCCC2)ccc1OCc1ccccc1. The lowest BCUT2D eigenvalue weighted by molar-refractivity contribution is 0.307. The number of ether oxygens (including phenoxy) is 1. The maximum absolute atomic E-state index is 6.13. The minimum absolute atomic E-state index is 0.554. The topological polar surface area (TPSA) is 38.5 Å². The van der Waals surface area contributed by atoms with Gasteiger partial charge in [-0.2, -0.15) is 0 Å². The summed E-state index contributed by atoms with van der Waals surface area (Å²) < 4.78 is 5.82. The Morgan fingerprint density at radius 1 is 0.955 bits per heavy atom. The van der Waals surface area contributed by atoms with Crippen molar-refractivity contribution in [2.45, 2.75) is 25.9 Å². The first-order valence-corrected chi connectivity index (χ1v) is 8.09. The third-order valence-corrected chi connectivity index (χ3v) is 4.23. The third kappa shape index (κ3) is 4.01. The highest BCUT2D eigenvalue weighted by Crippen LogP contribution is 2.24. The van der Waals surface area contributed by atoms with E-state index in [4.69, 9.17) is 10.5 Å². The van der Waals surface area contributed by atoms with Crippen LogP contribution in [0.1, 0.15) is 24.0 Å². The van der Waals surface area contributed by atoms with E-state index in [9.17, 15) is 0 Å². The van der Waals surface area contributed by atoms with E-state index >= 15 is 0 Å². The highest BCUT2D eigenvalue weighted by molar-refractivity contribution is 5.54. The van der Waals surface area contributed by atoms with Gasteiger partial charge in [0.05, 0.1) is 5.69 Å². The zero-order valence-electron chi connectivity index (χ0n) is 13.0. The van der Waals surface area contributed by atoms with Gasteiger partial charge in [0.15, 0.2) is 0 Å². The van der Waals surface area contributed by atoms with Crippen molar-refractivity contribution in [1.29, 1.82) is 0 Å². The molecule has 0 unspecified atom stereocenters. The predicted octanol–water partition coefficient (Wildman–Crippen LogP) is 3.49. The first-order chi connectivity index (χ1) is 10.8. The average molecular weight is 296 g/mol. The van der Waals surface area contributed by atoms with Crippen molar-refractivity contribution in [2.75, 3.05) is 25.4 Å². The molecule has 2 N–H and O–H groups in total. The van der Waals surface area contributed by atoms with Gasteiger partial charge in [0.25, 0.3) is 0 Å². The van der Waals surface area contributed by atoms with Crippen molar-refractivity contribution in [3.63, 3.8) is 0 Å². The van der Waals surface area contributed by atoms with Gasteiger partial charge in [-0.3, -0.25) is 0 Å². The molecule has 3 nitrogen and oxygen atoms in total. The Bertz CT molecular complexity index is 592. The maximum Gasteiger partial charge on any atom is 0.142 e. The normalized spacial score (nSPS) is 15.1. The smallest absolute Gasteiger partial charge is 0.142 e. The molecule has 0 spiro atoms. The minimum Gasteiger partial charge on any atom is -0.487 e. The van der Waals surface area contributed by atoms with Crippen molar-refractivity contribution in [3.05, 3.63) is 59.7 Å². The first kappa shape index (κ1) is 14.9. The molecule has 2 aromatic carbocycles. The van der Waals surface area contributed by atoms with Crippen LogP contribution in [-0.2, 0) is 13.0 Å². The van der Waals surface area contributed by atoms with Crippen molar-refractivity contribution >= 4 is 5.69 Å². The second-order valence-electron chi connectivity index (χ2n) is 5.95. The van der Waals surface area contributed by atoms with Crippen LogP contribution in [0.25, 0.3) is 0 Å². The summed E-state index contributed by atoms with van der Waals surface area (Å²) in [5, 5.41) is 0. The molecular formula is C19H24N2O. The van der Waals surface area contributed by atoms with Gasteiger partial charge in [-0.1, -0.05) is 36.4 Å². The van der Waals surface area contributed by atoms with E-state index in [2.05, 4.69) is 29.2 Å². The summed E-state index contributed by atoms with van der Waals surface area (Å²) in [4.78, 5) is 2.52. The van der Waals surface area contributed by atoms with E-state index in [0.29, 0.717) is 6.61 Å². The summed E-state index contributed by atoms with van der Waals surface area (Å²) >= 11 is 0. The molecule has 1 aliphatic heterocycles. The molecule has 3 rings (SSSR count). The van der Waals surface area contributed by atoms with Crippen LogP contribution in [0, 0.1) is 0 Å². The molecule has 1 fully saturated rings. The molecule has 1 saturated heterocycles. The van der Waals surface area contributed by atoms with Crippen LogP contribution in [0.15, 0.2) is 48.5 Å². The first-order valence-electron chi connectivity index (χ1n) is 8.09. The van der Waals surface area contributed by atoms with Crippen LogP contribution in [0.4, 0.5) is 5.69 Å². The van der Waals surface area contributed by atoms with Crippen molar-refractivity contribution in [3.8, 4) is 5.75 Å². The lowest BCUT2D eigenvalue weighted by Gasteiger charge is -2.15. The highest BCUT2D eigenvalue weighted by atomic mass is 16.5. The average Bonchev–Trinajstić information content (AvgIpc) is 3.06. The zero-order valence-corrected chi connectivity index (χ0v) is 13.0. The lowest BCUT2D eigenvalue weighted by atomic mass is 10.1. The summed E-state index contributed by atoms with van der Waals surface area (Å²) in [7, 11) is 0. The van der Waals surface area contributed by atoms with Gasteiger partial charge in [-0.15, -0.1) is 0 Å². The fraction of sp³-hybridized carbons (Fsp3) is 0.368. The molecule has 22 heavy (non-hydrogen) atoms. The van der Waals surface area contributed by atoms with Gasteiger partial charge in [0.2, 0.25) is 0 Å². The molecule has 1 aliphatic rings. The molecule has 1 heterocycles. The van der Waals surface area contributed by atoms with Crippen LogP contribution >= 0.6 is 0 Å². The Labute approximate surface area is 132 Å². The van der Waals surface area contributed by atoms with Crippen molar-refractivity contribution in [2.24, 2.45) is 0 Å². The third-order valence-electron chi connectivity index (χ3n) is 4.23. The van der Waals surface area contributed by atoms with E-state index in [1.807, 2.05) is 24.3 Å². The van der Waals surface area contributed by atoms with E-state index in [1.54, 1.807) is 0 Å². The van der Waals surface area contributed by atoms with E-state index in [0.717, 1.165) is 30.0 Å². The monoisotopic (exact) mass is 296 g/mol. The molecule has 0 amide bonds. The molecule has 0 radical (unpaired) electrons. The van der Waals surface area contributed by atoms with Crippen LogP contribution in [0.2, 0.25) is 0 Å². The lowest BCUT2D eigenvalue weighted by Crippen LogP contribution is -2.21. The molecule has 0 aliphatic carbocycles. The van der Waals surface area contributed by atoms with Gasteiger partial charge in [0.1, 0.15) is 12.4 Å². The second-order valence-corrected chi connectivity index (χ2v) is 5.95. The Hall–Kier alpha value is -2.00. The van der Waals surface area contributed by atoms with E-state index < -0.39 is 0 Å². The fourth-order valence-electron chi connectivity index (χ4n) is 2.91. The van der Waals surface area contributed by atoms with Crippen LogP contribution in [-0.4, -0.2) is 24.5 Å². The Kier molecular flexibility index (Phi) is 4.96. The van der Waals surface area contributed by atoms with Crippen LogP contribution in [0.5, 0.6) is 5.75 Å². The standard InChI is InChI=1S/C19H24N2O/c20-18-14-16(10-13-21-11-4-5-12-21)8-9-19(18)22-15-17-6-2-1-3-7-17/h1-3,6-9,14H,4-5,10-13,15,20H2. The second kappa shape index (κ2) is 7.32. The molecule has 0 saturated carbocycles. The van der Waals surface area contributed by atoms with Gasteiger partial charge >= 0.3 is 0 Å². The molecule has 0 bridgehead atoms. The van der Waals surface area contributed by atoms with Crippen LogP contribution < -0.4 is 10.5 Å². The summed E-state index contributed by atoms with van der Waals surface area (Å²) in [5.41, 5.74) is 9.30. The number of hydrogen-bond acceptors (Lipinski definition) is 3. The van der Waals surface area contributed by atoms with Gasteiger partial charge in [-0.05, 0) is 55.6 Å². The quantitative estimate of drug-likeness (QED) is 0.829. The summed E-state index contributed by atoms with van der Waals surface area (Å²) in [6, 6.07) is 16.3. The number of nitrogens with zero attached hydrogens (tertiary/aromatic N) is 1. The van der Waals surface area contributed by atoms with E-state index in [-0.39, 0.29) is 0 Å². The Balaban J connectivity index is 1.54. The number of nitrogen functional groups attached to an aromatic ring is 1. The molecule has 0 aromatic heterocycles. The number of nitrogens with two attached hydrogens (primary N) is 1. The molecule has 2 aromatic rings. The Morgan fingerprint density at radius 2 is 1.73 bits per heavy atom. The number of rotatable bonds is 6. The zero-order chi connectivity index (χ0) is 15.2. The van der Waals surface area contributed by atoms with Gasteiger partial charge < -0.3 is 15.4 Å². The molecule has 0 atom stereocenters. The summed E-state index contributed by atoms with van der Waals surface area (Å²) in [6.07, 6.45) is 3.74. The van der Waals surface area contributed by atoms with Crippen molar-refractivity contribution in [1.82, 2.24) is 4.90 Å². The number of hydrogen-bond donors (Lipinski definition) is 1. The largest absolute Gasteiger partial charge is 0.487 e. The van der Waals surface area contributed by atoms with Gasteiger partial charge in [-0.25, -0.2) is 0 Å². The predicted molar refractivity (Wildman–Crippen MR) is 91.0 cm³/mol. The molecular weight excluding hydrogens is 272 g/mol. The number of benzene rings is 2. The van der Waals surface area contributed by atoms with Crippen LogP contribution in [0.3, 0.4) is 0 Å². The Morgan fingerprint density at radius 3 is 2.45 bits per heavy atom. The summed E-state index contributed by atoms with van der Waals surface area (Å²) in [6.45, 7) is 4.17. The highest BCUT2D eigenvalue weighted by Gasteiger charge is 2.11. The minimum atomic E-state index is 0.554. The molecule has 116 valence electrons. The summed E-state index contributed by atoms with van der Waals surface area (Å²) in [5.74, 6) is 0.772. The number of anilines is 1. The fourth-order valence-corrected chi connectivity index (χ4v) is 2.91.